The largest absolute Gasteiger partial charge is 0.301 e. The first-order valence-corrected chi connectivity index (χ1v) is 3.46. The molecule has 50 valence electrons. The van der Waals surface area contributed by atoms with E-state index in [1.807, 2.05) is 0 Å². The van der Waals surface area contributed by atoms with Gasteiger partial charge in [-0.1, -0.05) is 11.6 Å². The van der Waals surface area contributed by atoms with Crippen molar-refractivity contribution in [1.29, 1.82) is 5.41 Å². The predicted molar refractivity (Wildman–Crippen MR) is 40.1 cm³/mol. The Morgan fingerprint density at radius 2 is 2.33 bits per heavy atom. The van der Waals surface area contributed by atoms with Crippen molar-refractivity contribution < 1.29 is 0 Å². The third-order valence-electron chi connectivity index (χ3n) is 1.17. The number of hydrogen-bond donors (Lipinski definition) is 1. The number of rotatable bonds is 0. The summed E-state index contributed by atoms with van der Waals surface area (Å²) in [4.78, 5) is 3.83. The number of aliphatic imine (C=N–C) groups is 1. The molecule has 1 heterocycles. The van der Waals surface area contributed by atoms with Gasteiger partial charge in [0, 0.05) is 6.54 Å². The van der Waals surface area contributed by atoms with Gasteiger partial charge in [-0.3, -0.25) is 4.99 Å². The van der Waals surface area contributed by atoms with Crippen LogP contribution in [0.4, 0.5) is 0 Å². The molecule has 0 saturated heterocycles. The molecule has 0 aromatic heterocycles. The molecule has 0 aromatic rings. The van der Waals surface area contributed by atoms with Crippen LogP contribution in [0.5, 0.6) is 0 Å². The summed E-state index contributed by atoms with van der Waals surface area (Å²) in [6, 6.07) is 0. The van der Waals surface area contributed by atoms with Gasteiger partial charge in [0.1, 0.15) is 5.17 Å². The molecular weight excluding hydrogens is 159 g/mol. The Labute approximate surface area is 63.4 Å². The molecule has 1 aliphatic heterocycles. The number of nitrogens with zero attached hydrogens (tertiary/aromatic N) is 1. The summed E-state index contributed by atoms with van der Waals surface area (Å²) in [6.07, 6.45) is 0.733. The predicted octanol–water partition coefficient (Wildman–Crippen LogP) is 1.65. The molecule has 1 aliphatic rings. The zero-order chi connectivity index (χ0) is 6.85. The van der Waals surface area contributed by atoms with Crippen molar-refractivity contribution >= 4 is 34.1 Å². The average molecular weight is 165 g/mol. The number of hydrogen-bond acceptors (Lipinski definition) is 2. The Bertz CT molecular complexity index is 164. The Kier molecular flexibility index (Phi) is 2.09. The molecule has 0 spiro atoms. The maximum absolute atomic E-state index is 7.21. The van der Waals surface area contributed by atoms with Gasteiger partial charge in [-0.2, -0.15) is 0 Å². The van der Waals surface area contributed by atoms with Crippen LogP contribution in [0.15, 0.2) is 4.99 Å². The first-order chi connectivity index (χ1) is 4.22. The van der Waals surface area contributed by atoms with Crippen molar-refractivity contribution in [3.05, 3.63) is 0 Å². The number of halogens is 2. The fourth-order valence-electron chi connectivity index (χ4n) is 0.635. The lowest BCUT2D eigenvalue weighted by atomic mass is 10.2. The first kappa shape index (κ1) is 7.03. The van der Waals surface area contributed by atoms with Crippen LogP contribution in [-0.2, 0) is 0 Å². The van der Waals surface area contributed by atoms with Gasteiger partial charge in [-0.25, -0.2) is 0 Å². The fourth-order valence-corrected chi connectivity index (χ4v) is 1.11. The molecule has 1 atom stereocenters. The van der Waals surface area contributed by atoms with Gasteiger partial charge in [0.15, 0.2) is 0 Å². The Morgan fingerprint density at radius 1 is 1.67 bits per heavy atom. The molecular formula is C5H6Cl2N2. The highest BCUT2D eigenvalue weighted by Crippen LogP contribution is 2.12. The van der Waals surface area contributed by atoms with Gasteiger partial charge < -0.3 is 5.41 Å². The summed E-state index contributed by atoms with van der Waals surface area (Å²) in [5.41, 5.74) is 0.254. The lowest BCUT2D eigenvalue weighted by molar-refractivity contribution is 0.871. The highest BCUT2D eigenvalue weighted by molar-refractivity contribution is 6.85. The molecule has 0 amide bonds. The molecule has 0 radical (unpaired) electrons. The highest BCUT2D eigenvalue weighted by Gasteiger charge is 2.18. The minimum absolute atomic E-state index is 0.227. The van der Waals surface area contributed by atoms with Crippen molar-refractivity contribution in [3.63, 3.8) is 0 Å². The third kappa shape index (κ3) is 1.43. The normalized spacial score (nSPS) is 28.0. The van der Waals surface area contributed by atoms with Crippen LogP contribution in [0.2, 0.25) is 0 Å². The SMILES string of the molecule is N=C1C(Cl)=NCCC1Cl. The molecule has 0 fully saturated rings. The molecule has 0 saturated carbocycles. The summed E-state index contributed by atoms with van der Waals surface area (Å²) in [6.45, 7) is 0.648. The second kappa shape index (κ2) is 2.67. The minimum atomic E-state index is -0.227. The summed E-state index contributed by atoms with van der Waals surface area (Å²) in [7, 11) is 0. The quantitative estimate of drug-likeness (QED) is 0.530. The van der Waals surface area contributed by atoms with E-state index in [0.717, 1.165) is 6.42 Å². The molecule has 1 unspecified atom stereocenters. The molecule has 1 rings (SSSR count). The summed E-state index contributed by atoms with van der Waals surface area (Å²) < 4.78 is 0. The van der Waals surface area contributed by atoms with Crippen LogP contribution in [0.25, 0.3) is 0 Å². The standard InChI is InChI=1S/C5H6Cl2N2/c6-3-1-2-9-5(7)4(3)8/h3,8H,1-2H2. The van der Waals surface area contributed by atoms with Crippen LogP contribution in [-0.4, -0.2) is 22.8 Å². The van der Waals surface area contributed by atoms with Crippen molar-refractivity contribution in [3.8, 4) is 0 Å². The van der Waals surface area contributed by atoms with Gasteiger partial charge in [0.2, 0.25) is 0 Å². The second-order valence-corrected chi connectivity index (χ2v) is 2.73. The van der Waals surface area contributed by atoms with E-state index in [4.69, 9.17) is 28.6 Å². The lowest BCUT2D eigenvalue weighted by Crippen LogP contribution is -2.25. The Morgan fingerprint density at radius 3 is 2.78 bits per heavy atom. The van der Waals surface area contributed by atoms with E-state index >= 15 is 0 Å². The topological polar surface area (TPSA) is 36.2 Å². The molecule has 4 heteroatoms. The van der Waals surface area contributed by atoms with Gasteiger partial charge in [-0.05, 0) is 6.42 Å². The molecule has 2 nitrogen and oxygen atoms in total. The van der Waals surface area contributed by atoms with E-state index in [9.17, 15) is 0 Å². The molecule has 0 aliphatic carbocycles. The number of alkyl halides is 1. The van der Waals surface area contributed by atoms with Crippen LogP contribution in [0.3, 0.4) is 0 Å². The maximum Gasteiger partial charge on any atom is 0.146 e. The Hall–Kier alpha value is -0.0800. The van der Waals surface area contributed by atoms with Crippen LogP contribution in [0, 0.1) is 5.41 Å². The fraction of sp³-hybridized carbons (Fsp3) is 0.600. The van der Waals surface area contributed by atoms with Crippen molar-refractivity contribution in [2.24, 2.45) is 4.99 Å². The van der Waals surface area contributed by atoms with Crippen molar-refractivity contribution in [1.82, 2.24) is 0 Å². The third-order valence-corrected chi connectivity index (χ3v) is 1.93. The van der Waals surface area contributed by atoms with E-state index in [1.165, 1.54) is 0 Å². The maximum atomic E-state index is 7.21. The molecule has 1 N–H and O–H groups in total. The van der Waals surface area contributed by atoms with Gasteiger partial charge >= 0.3 is 0 Å². The zero-order valence-corrected chi connectivity index (χ0v) is 6.21. The molecule has 9 heavy (non-hydrogen) atoms. The van der Waals surface area contributed by atoms with Gasteiger partial charge in [-0.15, -0.1) is 11.6 Å². The van der Waals surface area contributed by atoms with E-state index in [-0.39, 0.29) is 16.3 Å². The van der Waals surface area contributed by atoms with Gasteiger partial charge in [0.25, 0.3) is 0 Å². The summed E-state index contributed by atoms with van der Waals surface area (Å²) >= 11 is 11.2. The van der Waals surface area contributed by atoms with Crippen molar-refractivity contribution in [2.45, 2.75) is 11.8 Å². The lowest BCUT2D eigenvalue weighted by Gasteiger charge is -2.12. The van der Waals surface area contributed by atoms with Crippen LogP contribution >= 0.6 is 23.2 Å². The van der Waals surface area contributed by atoms with E-state index in [2.05, 4.69) is 4.99 Å². The summed E-state index contributed by atoms with van der Waals surface area (Å²) in [5.74, 6) is 0. The average Bonchev–Trinajstić information content (AvgIpc) is 1.83. The van der Waals surface area contributed by atoms with E-state index in [1.54, 1.807) is 0 Å². The molecule has 0 aromatic carbocycles. The van der Waals surface area contributed by atoms with E-state index < -0.39 is 0 Å². The van der Waals surface area contributed by atoms with Crippen molar-refractivity contribution in [2.75, 3.05) is 6.54 Å². The van der Waals surface area contributed by atoms with Crippen LogP contribution < -0.4 is 0 Å². The first-order valence-electron chi connectivity index (χ1n) is 2.64. The van der Waals surface area contributed by atoms with Gasteiger partial charge in [0.05, 0.1) is 11.1 Å². The highest BCUT2D eigenvalue weighted by atomic mass is 35.5. The minimum Gasteiger partial charge on any atom is -0.301 e. The monoisotopic (exact) mass is 164 g/mol. The smallest absolute Gasteiger partial charge is 0.146 e. The Balaban J connectivity index is 2.74. The zero-order valence-electron chi connectivity index (χ0n) is 4.69. The van der Waals surface area contributed by atoms with E-state index in [0.29, 0.717) is 6.54 Å². The summed E-state index contributed by atoms with van der Waals surface area (Å²) in [5, 5.41) is 7.24. The van der Waals surface area contributed by atoms with Crippen LogP contribution in [0.1, 0.15) is 6.42 Å². The molecule has 0 bridgehead atoms. The number of nitrogens with one attached hydrogen (secondary N) is 1. The second-order valence-electron chi connectivity index (χ2n) is 1.84.